The number of para-hydroxylation sites is 1. The van der Waals surface area contributed by atoms with Crippen molar-refractivity contribution in [3.8, 4) is 5.75 Å². The van der Waals surface area contributed by atoms with Gasteiger partial charge in [-0.05, 0) is 12.1 Å². The number of benzene rings is 1. The van der Waals surface area contributed by atoms with Gasteiger partial charge in [-0.25, -0.2) is 4.99 Å². The maximum atomic E-state index is 9.44. The second-order valence-corrected chi connectivity index (χ2v) is 2.73. The summed E-state index contributed by atoms with van der Waals surface area (Å²) in [6.07, 6.45) is 0. The van der Waals surface area contributed by atoms with Crippen LogP contribution in [0, 0.1) is 0 Å². The molecule has 1 aliphatic heterocycles. The Kier molecular flexibility index (Phi) is 1.81. The normalized spacial score (nSPS) is 14.1. The Morgan fingerprint density at radius 3 is 3.15 bits per heavy atom. The van der Waals surface area contributed by atoms with Crippen molar-refractivity contribution in [2.45, 2.75) is 0 Å². The van der Waals surface area contributed by atoms with Crippen molar-refractivity contribution in [1.29, 1.82) is 0 Å². The average molecular weight is 178 g/mol. The minimum Gasteiger partial charge on any atom is -0.506 e. The number of methoxy groups -OCH3 is 1. The average Bonchev–Trinajstić information content (AvgIpc) is 2.18. The van der Waals surface area contributed by atoms with Gasteiger partial charge in [0.15, 0.2) is 0 Å². The van der Waals surface area contributed by atoms with Crippen molar-refractivity contribution in [2.75, 3.05) is 19.0 Å². The predicted molar refractivity (Wildman–Crippen MR) is 50.7 cm³/mol. The van der Waals surface area contributed by atoms with Gasteiger partial charge in [-0.2, -0.15) is 0 Å². The summed E-state index contributed by atoms with van der Waals surface area (Å²) in [7, 11) is 1.58. The van der Waals surface area contributed by atoms with E-state index in [1.54, 1.807) is 19.2 Å². The lowest BCUT2D eigenvalue weighted by Crippen LogP contribution is -2.18. The summed E-state index contributed by atoms with van der Waals surface area (Å²) in [4.78, 5) is 4.20. The molecule has 1 aromatic carbocycles. The summed E-state index contributed by atoms with van der Waals surface area (Å²) in [5, 5.41) is 12.5. The Morgan fingerprint density at radius 2 is 2.38 bits per heavy atom. The summed E-state index contributed by atoms with van der Waals surface area (Å²) in [5.41, 5.74) is 1.38. The third-order valence-electron chi connectivity index (χ3n) is 1.92. The van der Waals surface area contributed by atoms with E-state index in [-0.39, 0.29) is 5.75 Å². The lowest BCUT2D eigenvalue weighted by atomic mass is 10.2. The topological polar surface area (TPSA) is 53.9 Å². The zero-order chi connectivity index (χ0) is 9.26. The molecule has 0 aliphatic carbocycles. The highest BCUT2D eigenvalue weighted by molar-refractivity contribution is 5.91. The molecule has 0 aromatic heterocycles. The fourth-order valence-corrected chi connectivity index (χ4v) is 1.26. The van der Waals surface area contributed by atoms with E-state index < -0.39 is 0 Å². The van der Waals surface area contributed by atoms with Crippen LogP contribution < -0.4 is 5.32 Å². The second-order valence-electron chi connectivity index (χ2n) is 2.73. The lowest BCUT2D eigenvalue weighted by Gasteiger charge is -2.16. The van der Waals surface area contributed by atoms with Crippen molar-refractivity contribution in [3.63, 3.8) is 0 Å². The predicted octanol–water partition coefficient (Wildman–Crippen LogP) is 1.49. The first-order valence-electron chi connectivity index (χ1n) is 3.98. The van der Waals surface area contributed by atoms with Crippen LogP contribution in [0.5, 0.6) is 5.75 Å². The van der Waals surface area contributed by atoms with E-state index >= 15 is 0 Å². The van der Waals surface area contributed by atoms with Gasteiger partial charge in [0, 0.05) is 0 Å². The molecule has 0 spiro atoms. The van der Waals surface area contributed by atoms with Crippen molar-refractivity contribution in [2.24, 2.45) is 4.99 Å². The number of hydrogen-bond acceptors (Lipinski definition) is 4. The number of ether oxygens (including phenoxy) is 1. The molecule has 0 bridgehead atoms. The largest absolute Gasteiger partial charge is 0.506 e. The van der Waals surface area contributed by atoms with Crippen LogP contribution in [0.25, 0.3) is 0 Å². The SMILES string of the molecule is COC1=Nc2cccc(O)c2NC1. The molecule has 0 unspecified atom stereocenters. The third kappa shape index (κ3) is 1.30. The lowest BCUT2D eigenvalue weighted by molar-refractivity contribution is 0.396. The number of phenolic OH excluding ortho intramolecular Hbond substituents is 1. The molecule has 1 aliphatic rings. The van der Waals surface area contributed by atoms with Crippen molar-refractivity contribution >= 4 is 17.3 Å². The minimum absolute atomic E-state index is 0.219. The number of aromatic hydroxyl groups is 1. The summed E-state index contributed by atoms with van der Waals surface area (Å²) < 4.78 is 4.99. The number of nitrogens with one attached hydrogen (secondary N) is 1. The number of rotatable bonds is 0. The molecule has 13 heavy (non-hydrogen) atoms. The molecule has 0 saturated heterocycles. The zero-order valence-electron chi connectivity index (χ0n) is 7.24. The summed E-state index contributed by atoms with van der Waals surface area (Å²) >= 11 is 0. The van der Waals surface area contributed by atoms with Crippen molar-refractivity contribution in [3.05, 3.63) is 18.2 Å². The quantitative estimate of drug-likeness (QED) is 0.592. The molecule has 68 valence electrons. The molecule has 0 saturated carbocycles. The number of phenols is 1. The molecule has 0 radical (unpaired) electrons. The highest BCUT2D eigenvalue weighted by atomic mass is 16.5. The van der Waals surface area contributed by atoms with Crippen LogP contribution in [0.2, 0.25) is 0 Å². The van der Waals surface area contributed by atoms with Crippen molar-refractivity contribution < 1.29 is 9.84 Å². The molecule has 0 fully saturated rings. The van der Waals surface area contributed by atoms with Crippen LogP contribution in [-0.2, 0) is 4.74 Å². The fourth-order valence-electron chi connectivity index (χ4n) is 1.26. The van der Waals surface area contributed by atoms with E-state index in [2.05, 4.69) is 10.3 Å². The van der Waals surface area contributed by atoms with Gasteiger partial charge in [-0.15, -0.1) is 0 Å². The molecule has 2 N–H and O–H groups in total. The van der Waals surface area contributed by atoms with E-state index in [1.165, 1.54) is 0 Å². The summed E-state index contributed by atoms with van der Waals surface area (Å²) in [5.74, 6) is 0.842. The van der Waals surface area contributed by atoms with Crippen LogP contribution in [0.3, 0.4) is 0 Å². The molecule has 4 nitrogen and oxygen atoms in total. The molecule has 0 atom stereocenters. The molecule has 1 heterocycles. The molecular formula is C9H10N2O2. The Bertz CT molecular complexity index is 361. The smallest absolute Gasteiger partial charge is 0.208 e. The zero-order valence-corrected chi connectivity index (χ0v) is 7.24. The van der Waals surface area contributed by atoms with Crippen LogP contribution >= 0.6 is 0 Å². The maximum Gasteiger partial charge on any atom is 0.208 e. The number of fused-ring (bicyclic) bond motifs is 1. The van der Waals surface area contributed by atoms with Gasteiger partial charge < -0.3 is 15.2 Å². The highest BCUT2D eigenvalue weighted by Gasteiger charge is 2.13. The monoisotopic (exact) mass is 178 g/mol. The number of nitrogens with zero attached hydrogens (tertiary/aromatic N) is 1. The Labute approximate surface area is 75.9 Å². The minimum atomic E-state index is 0.219. The number of anilines is 1. The van der Waals surface area contributed by atoms with Gasteiger partial charge in [-0.1, -0.05) is 6.07 Å². The van der Waals surface area contributed by atoms with E-state index in [4.69, 9.17) is 4.74 Å². The summed E-state index contributed by atoms with van der Waals surface area (Å²) in [6.45, 7) is 0.515. The molecule has 2 rings (SSSR count). The number of hydrogen-bond donors (Lipinski definition) is 2. The van der Waals surface area contributed by atoms with Gasteiger partial charge in [0.2, 0.25) is 5.90 Å². The Hall–Kier alpha value is -1.71. The van der Waals surface area contributed by atoms with E-state index in [0.29, 0.717) is 23.8 Å². The Balaban J connectivity index is 2.47. The van der Waals surface area contributed by atoms with E-state index in [9.17, 15) is 5.11 Å². The van der Waals surface area contributed by atoms with Crippen LogP contribution in [0.15, 0.2) is 23.2 Å². The van der Waals surface area contributed by atoms with Gasteiger partial charge in [0.1, 0.15) is 11.4 Å². The third-order valence-corrected chi connectivity index (χ3v) is 1.92. The van der Waals surface area contributed by atoms with Gasteiger partial charge in [-0.3, -0.25) is 0 Å². The molecule has 4 heteroatoms. The highest BCUT2D eigenvalue weighted by Crippen LogP contribution is 2.35. The van der Waals surface area contributed by atoms with Crippen molar-refractivity contribution in [1.82, 2.24) is 0 Å². The van der Waals surface area contributed by atoms with Gasteiger partial charge in [0.05, 0.1) is 19.3 Å². The standard InChI is InChI=1S/C9H10N2O2/c1-13-8-5-10-9-6(11-8)3-2-4-7(9)12/h2-4,10,12H,5H2,1H3. The van der Waals surface area contributed by atoms with Gasteiger partial charge in [0.25, 0.3) is 0 Å². The molecular weight excluding hydrogens is 168 g/mol. The first-order chi connectivity index (χ1) is 6.31. The Morgan fingerprint density at radius 1 is 1.54 bits per heavy atom. The maximum absolute atomic E-state index is 9.44. The fraction of sp³-hybridized carbons (Fsp3) is 0.222. The van der Waals surface area contributed by atoms with Gasteiger partial charge >= 0.3 is 0 Å². The number of aliphatic imine (C=N–C) groups is 1. The van der Waals surface area contributed by atoms with E-state index in [1.807, 2.05) is 6.07 Å². The first kappa shape index (κ1) is 7.91. The van der Waals surface area contributed by atoms with Crippen LogP contribution in [0.1, 0.15) is 0 Å². The second kappa shape index (κ2) is 2.97. The molecule has 1 aromatic rings. The van der Waals surface area contributed by atoms with Crippen LogP contribution in [0.4, 0.5) is 11.4 Å². The summed E-state index contributed by atoms with van der Waals surface area (Å²) in [6, 6.07) is 5.19. The van der Waals surface area contributed by atoms with E-state index in [0.717, 1.165) is 0 Å². The molecule has 0 amide bonds. The first-order valence-corrected chi connectivity index (χ1v) is 3.98. The van der Waals surface area contributed by atoms with Crippen LogP contribution in [-0.4, -0.2) is 24.7 Å².